The molecule has 1 fully saturated rings. The van der Waals surface area contributed by atoms with E-state index in [9.17, 15) is 14.4 Å². The summed E-state index contributed by atoms with van der Waals surface area (Å²) in [5.41, 5.74) is 0.378. The molecule has 1 N–H and O–H groups in total. The van der Waals surface area contributed by atoms with Gasteiger partial charge in [0.15, 0.2) is 6.40 Å². The first-order chi connectivity index (χ1) is 21.0. The highest BCUT2D eigenvalue weighted by Gasteiger charge is 2.40. The molecule has 2 heterocycles. The lowest BCUT2D eigenvalue weighted by molar-refractivity contribution is -0.144. The van der Waals surface area contributed by atoms with Gasteiger partial charge < -0.3 is 28.6 Å². The third kappa shape index (κ3) is 12.6. The molecule has 0 saturated carbocycles. The Kier molecular flexibility index (Phi) is 15.6. The second kappa shape index (κ2) is 19.1. The highest BCUT2D eigenvalue weighted by molar-refractivity contribution is 7.45. The van der Waals surface area contributed by atoms with Crippen LogP contribution in [0.3, 0.4) is 0 Å². The van der Waals surface area contributed by atoms with Gasteiger partial charge in [0.25, 0.3) is 0 Å². The molecule has 4 atom stereocenters. The SMILES string of the molecule is [2H]C[C@H]1O[C@@H](n2cc(C)c(NCCCCCCOC(=O)CCC(C)=O)nc2=O)C[C@H]1OP(OC=NCC)N(C(C)C)C(C)C. The van der Waals surface area contributed by atoms with E-state index in [-0.39, 0.29) is 43.6 Å². The molecule has 1 saturated heterocycles. The molecule has 43 heavy (non-hydrogen) atoms. The number of aromatic nitrogens is 2. The molecular weight excluding hydrogens is 573 g/mol. The van der Waals surface area contributed by atoms with Gasteiger partial charge in [0, 0.05) is 51.1 Å². The molecule has 0 spiro atoms. The molecule has 1 aliphatic rings. The standard InChI is InChI=1S/C30H52N5O7P/c1-9-31-20-40-43(35(21(2)3)22(4)5)42-26-18-27(41-25(26)8)34-19-23(6)29(33-30(34)38)32-16-12-10-11-13-17-39-28(37)15-14-24(7)36/h19-22,25-27H,9-18H2,1-8H3,(H,32,33,38)/t25-,26-,27-,43?/m1/s1/i8D. The van der Waals surface area contributed by atoms with Gasteiger partial charge in [0.1, 0.15) is 17.8 Å². The maximum atomic E-state index is 13.0. The van der Waals surface area contributed by atoms with Crippen LogP contribution in [0.5, 0.6) is 0 Å². The molecule has 0 aliphatic carbocycles. The number of carbonyl (C=O) groups is 2. The fourth-order valence-corrected chi connectivity index (χ4v) is 6.25. The lowest BCUT2D eigenvalue weighted by Crippen LogP contribution is -2.35. The van der Waals surface area contributed by atoms with E-state index in [0.717, 1.165) is 31.2 Å². The highest BCUT2D eigenvalue weighted by atomic mass is 31.2. The zero-order valence-electron chi connectivity index (χ0n) is 27.9. The van der Waals surface area contributed by atoms with Gasteiger partial charge in [0.05, 0.1) is 25.2 Å². The van der Waals surface area contributed by atoms with Crippen molar-refractivity contribution in [3.63, 3.8) is 0 Å². The van der Waals surface area contributed by atoms with Crippen LogP contribution in [0.25, 0.3) is 0 Å². The Hall–Kier alpha value is -2.40. The number of aliphatic imine (C=N–C) groups is 1. The summed E-state index contributed by atoms with van der Waals surface area (Å²) in [6.45, 7) is 15.2. The summed E-state index contributed by atoms with van der Waals surface area (Å²) in [5, 5.41) is 3.25. The number of nitrogens with zero attached hydrogens (tertiary/aromatic N) is 4. The fraction of sp³-hybridized carbons (Fsp3) is 0.767. The van der Waals surface area contributed by atoms with Gasteiger partial charge in [-0.1, -0.05) is 6.42 Å². The summed E-state index contributed by atoms with van der Waals surface area (Å²) in [7, 11) is -1.51. The maximum Gasteiger partial charge on any atom is 0.351 e. The van der Waals surface area contributed by atoms with Crippen molar-refractivity contribution >= 4 is 32.5 Å². The number of anilines is 1. The molecule has 0 amide bonds. The predicted octanol–water partition coefficient (Wildman–Crippen LogP) is 5.54. The number of ether oxygens (including phenoxy) is 2. The Labute approximate surface area is 259 Å². The summed E-state index contributed by atoms with van der Waals surface area (Å²) in [5.74, 6) is 0.179. The molecule has 1 aromatic heterocycles. The fourth-order valence-electron chi connectivity index (χ4n) is 4.63. The van der Waals surface area contributed by atoms with Crippen molar-refractivity contribution in [2.75, 3.05) is 25.0 Å². The first-order valence-electron chi connectivity index (χ1n) is 16.0. The van der Waals surface area contributed by atoms with Crippen molar-refractivity contribution in [2.24, 2.45) is 4.99 Å². The number of ketones is 1. The first-order valence-corrected chi connectivity index (χ1v) is 16.4. The summed E-state index contributed by atoms with van der Waals surface area (Å²) >= 11 is 0. The topological polar surface area (TPSA) is 134 Å². The molecular formula is C30H52N5O7P. The molecule has 12 nitrogen and oxygen atoms in total. The van der Waals surface area contributed by atoms with Crippen LogP contribution in [0, 0.1) is 6.92 Å². The summed E-state index contributed by atoms with van der Waals surface area (Å²) < 4.78 is 35.4. The first kappa shape index (κ1) is 35.1. The van der Waals surface area contributed by atoms with Crippen LogP contribution in [0.4, 0.5) is 5.82 Å². The second-order valence-corrected chi connectivity index (χ2v) is 12.6. The van der Waals surface area contributed by atoms with E-state index in [2.05, 4.69) is 47.7 Å². The van der Waals surface area contributed by atoms with Gasteiger partial charge in [-0.05, 0) is 74.6 Å². The average Bonchev–Trinajstić information content (AvgIpc) is 3.36. The number of esters is 1. The third-order valence-corrected chi connectivity index (χ3v) is 8.83. The number of rotatable bonds is 20. The molecule has 0 aromatic carbocycles. The molecule has 0 bridgehead atoms. The minimum Gasteiger partial charge on any atom is -0.466 e. The van der Waals surface area contributed by atoms with E-state index in [4.69, 9.17) is 19.9 Å². The van der Waals surface area contributed by atoms with Crippen LogP contribution in [0.2, 0.25) is 0 Å². The van der Waals surface area contributed by atoms with Crippen molar-refractivity contribution < 1.29 is 29.5 Å². The van der Waals surface area contributed by atoms with Gasteiger partial charge >= 0.3 is 20.2 Å². The second-order valence-electron chi connectivity index (χ2n) is 11.2. The van der Waals surface area contributed by atoms with E-state index < -0.39 is 32.7 Å². The summed E-state index contributed by atoms with van der Waals surface area (Å²) in [4.78, 5) is 44.0. The van der Waals surface area contributed by atoms with E-state index >= 15 is 0 Å². The van der Waals surface area contributed by atoms with Crippen molar-refractivity contribution in [3.05, 3.63) is 22.2 Å². The lowest BCUT2D eigenvalue weighted by Gasteiger charge is -2.36. The Balaban J connectivity index is 1.92. The molecule has 2 rings (SSSR count). The van der Waals surface area contributed by atoms with Gasteiger partial charge in [-0.3, -0.25) is 14.4 Å². The summed E-state index contributed by atoms with van der Waals surface area (Å²) in [6, 6.07) is 0.319. The largest absolute Gasteiger partial charge is 0.466 e. The Bertz CT molecular complexity index is 1110. The minimum atomic E-state index is -1.51. The number of aryl methyl sites for hydroxylation is 1. The molecule has 244 valence electrons. The minimum absolute atomic E-state index is 0.0140. The van der Waals surface area contributed by atoms with E-state index in [0.29, 0.717) is 31.9 Å². The Morgan fingerprint density at radius 3 is 2.63 bits per heavy atom. The normalized spacial score (nSPS) is 19.8. The van der Waals surface area contributed by atoms with Crippen molar-refractivity contribution in [1.29, 1.82) is 0 Å². The average molecular weight is 627 g/mol. The van der Waals surface area contributed by atoms with Crippen LogP contribution in [0.15, 0.2) is 16.0 Å². The van der Waals surface area contributed by atoms with Gasteiger partial charge in [-0.25, -0.2) is 9.46 Å². The van der Waals surface area contributed by atoms with Gasteiger partial charge in [-0.2, -0.15) is 4.98 Å². The number of carbonyl (C=O) groups excluding carboxylic acids is 2. The maximum absolute atomic E-state index is 13.0. The number of nitrogens with one attached hydrogen (secondary N) is 1. The van der Waals surface area contributed by atoms with Gasteiger partial charge in [-0.15, -0.1) is 0 Å². The molecule has 1 aliphatic heterocycles. The van der Waals surface area contributed by atoms with E-state index in [1.807, 2.05) is 13.8 Å². The molecule has 1 unspecified atom stereocenters. The van der Waals surface area contributed by atoms with E-state index in [1.165, 1.54) is 17.9 Å². The number of unbranched alkanes of at least 4 members (excludes halogenated alkanes) is 3. The van der Waals surface area contributed by atoms with Crippen LogP contribution < -0.4 is 11.0 Å². The number of Topliss-reactive ketones (excluding diaryl/α,β-unsaturated/α-hetero) is 1. The van der Waals surface area contributed by atoms with Gasteiger partial charge in [0.2, 0.25) is 0 Å². The highest BCUT2D eigenvalue weighted by Crippen LogP contribution is 2.49. The van der Waals surface area contributed by atoms with Crippen molar-refractivity contribution in [2.45, 2.75) is 131 Å². The van der Waals surface area contributed by atoms with Crippen LogP contribution in [-0.4, -0.2) is 76.4 Å². The zero-order chi connectivity index (χ0) is 32.6. The van der Waals surface area contributed by atoms with E-state index in [1.54, 1.807) is 6.20 Å². The smallest absolute Gasteiger partial charge is 0.351 e. The van der Waals surface area contributed by atoms with Crippen molar-refractivity contribution in [1.82, 2.24) is 14.2 Å². The zero-order valence-corrected chi connectivity index (χ0v) is 27.8. The van der Waals surface area contributed by atoms with Crippen LogP contribution in [-0.2, 0) is 28.1 Å². The monoisotopic (exact) mass is 626 g/mol. The lowest BCUT2D eigenvalue weighted by atomic mass is 10.2. The molecule has 1 aromatic rings. The molecule has 13 heteroatoms. The van der Waals surface area contributed by atoms with Crippen LogP contribution >= 0.6 is 8.53 Å². The molecule has 0 radical (unpaired) electrons. The predicted molar refractivity (Wildman–Crippen MR) is 169 cm³/mol. The summed E-state index contributed by atoms with van der Waals surface area (Å²) in [6.07, 6.45) is 5.83. The van der Waals surface area contributed by atoms with Crippen LogP contribution in [0.1, 0.15) is 107 Å². The Morgan fingerprint density at radius 1 is 1.26 bits per heavy atom. The third-order valence-electron chi connectivity index (χ3n) is 6.80. The quantitative estimate of drug-likeness (QED) is 0.0647. The number of hydrogen-bond acceptors (Lipinski definition) is 11. The Morgan fingerprint density at radius 2 is 1.98 bits per heavy atom. The number of hydrogen-bond donors (Lipinski definition) is 1. The van der Waals surface area contributed by atoms with Crippen molar-refractivity contribution in [3.8, 4) is 0 Å².